The molecule has 5 heteroatoms. The first-order valence-corrected chi connectivity index (χ1v) is 4.58. The molecule has 1 heterocycles. The lowest BCUT2D eigenvalue weighted by atomic mass is 9.79. The maximum absolute atomic E-state index is 9.38. The van der Waals surface area contributed by atoms with Crippen LogP contribution in [0.4, 0.5) is 0 Å². The molecule has 3 nitrogen and oxygen atoms in total. The normalized spacial score (nSPS) is 15.0. The van der Waals surface area contributed by atoms with Gasteiger partial charge >= 0.3 is 7.12 Å². The third kappa shape index (κ3) is 1.12. The molecule has 0 fully saturated rings. The molecule has 1 aliphatic rings. The highest BCUT2D eigenvalue weighted by atomic mass is 127. The molecular formula is C7H6BIO3. The number of rotatable bonds is 0. The summed E-state index contributed by atoms with van der Waals surface area (Å²) in [6.45, 7) is 0.378. The third-order valence-electron chi connectivity index (χ3n) is 1.91. The fourth-order valence-electron chi connectivity index (χ4n) is 1.29. The Balaban J connectivity index is 2.64. The highest BCUT2D eigenvalue weighted by molar-refractivity contribution is 14.1. The number of phenols is 1. The highest BCUT2D eigenvalue weighted by Gasteiger charge is 2.31. The van der Waals surface area contributed by atoms with Crippen LogP contribution in [-0.4, -0.2) is 17.2 Å². The van der Waals surface area contributed by atoms with Crippen molar-refractivity contribution in [3.63, 3.8) is 0 Å². The van der Waals surface area contributed by atoms with E-state index in [1.54, 1.807) is 12.1 Å². The van der Waals surface area contributed by atoms with Gasteiger partial charge in [0.15, 0.2) is 0 Å². The standard InChI is InChI=1S/C7H6BIO3/c9-5-1-2-6(10)7-4(5)3-12-8(7)11/h1-2,10-11H,3H2. The molecule has 0 aromatic heterocycles. The van der Waals surface area contributed by atoms with Crippen LogP contribution in [0.3, 0.4) is 0 Å². The summed E-state index contributed by atoms with van der Waals surface area (Å²) in [7, 11) is -0.963. The summed E-state index contributed by atoms with van der Waals surface area (Å²) in [5.41, 5.74) is 1.41. The number of phenolic OH excluding ortho intramolecular Hbond substituents is 1. The van der Waals surface area contributed by atoms with Gasteiger partial charge in [-0.05, 0) is 40.3 Å². The molecule has 0 aliphatic carbocycles. The van der Waals surface area contributed by atoms with Crippen LogP contribution in [0.1, 0.15) is 5.56 Å². The Kier molecular flexibility index (Phi) is 2.01. The molecule has 1 aliphatic heterocycles. The van der Waals surface area contributed by atoms with Crippen molar-refractivity contribution in [1.29, 1.82) is 0 Å². The number of hydrogen-bond acceptors (Lipinski definition) is 3. The van der Waals surface area contributed by atoms with Gasteiger partial charge in [-0.2, -0.15) is 0 Å². The molecule has 0 saturated heterocycles. The van der Waals surface area contributed by atoms with Gasteiger partial charge in [0, 0.05) is 9.03 Å². The van der Waals surface area contributed by atoms with E-state index >= 15 is 0 Å². The molecule has 1 aromatic rings. The van der Waals surface area contributed by atoms with Crippen LogP contribution in [0.5, 0.6) is 5.75 Å². The van der Waals surface area contributed by atoms with Gasteiger partial charge in [-0.1, -0.05) is 0 Å². The number of halogens is 1. The summed E-state index contributed by atoms with van der Waals surface area (Å²) in [5, 5.41) is 18.7. The van der Waals surface area contributed by atoms with Gasteiger partial charge in [0.25, 0.3) is 0 Å². The Morgan fingerprint density at radius 2 is 2.25 bits per heavy atom. The Morgan fingerprint density at radius 1 is 1.50 bits per heavy atom. The second-order valence-electron chi connectivity index (χ2n) is 2.62. The van der Waals surface area contributed by atoms with Crippen LogP contribution in [0.25, 0.3) is 0 Å². The molecule has 62 valence electrons. The van der Waals surface area contributed by atoms with Crippen molar-refractivity contribution in [2.45, 2.75) is 6.61 Å². The van der Waals surface area contributed by atoms with Gasteiger partial charge in [-0.25, -0.2) is 0 Å². The Labute approximate surface area is 83.6 Å². The first-order chi connectivity index (χ1) is 5.70. The first kappa shape index (κ1) is 8.34. The Bertz CT molecular complexity index is 329. The summed E-state index contributed by atoms with van der Waals surface area (Å²) >= 11 is 2.15. The summed E-state index contributed by atoms with van der Waals surface area (Å²) in [6, 6.07) is 3.37. The Hall–Kier alpha value is -0.265. The molecular weight excluding hydrogens is 270 g/mol. The van der Waals surface area contributed by atoms with Crippen molar-refractivity contribution in [2.75, 3.05) is 0 Å². The molecule has 12 heavy (non-hydrogen) atoms. The van der Waals surface area contributed by atoms with Crippen LogP contribution >= 0.6 is 22.6 Å². The summed E-state index contributed by atoms with van der Waals surface area (Å²) in [4.78, 5) is 0. The van der Waals surface area contributed by atoms with Gasteiger partial charge in [0.2, 0.25) is 0 Å². The molecule has 0 atom stereocenters. The lowest BCUT2D eigenvalue weighted by Crippen LogP contribution is -2.28. The Morgan fingerprint density at radius 3 is 2.92 bits per heavy atom. The minimum atomic E-state index is -0.963. The van der Waals surface area contributed by atoms with Gasteiger partial charge in [0.05, 0.1) is 6.61 Å². The highest BCUT2D eigenvalue weighted by Crippen LogP contribution is 2.22. The predicted molar refractivity (Wildman–Crippen MR) is 53.2 cm³/mol. The zero-order chi connectivity index (χ0) is 8.72. The molecule has 2 rings (SSSR count). The van der Waals surface area contributed by atoms with Crippen molar-refractivity contribution in [3.05, 3.63) is 21.3 Å². The minimum absolute atomic E-state index is 0.107. The summed E-state index contributed by atoms with van der Waals surface area (Å²) in [5.74, 6) is 0.107. The van der Waals surface area contributed by atoms with Crippen LogP contribution in [0, 0.1) is 3.57 Å². The largest absolute Gasteiger partial charge is 0.508 e. The molecule has 1 aromatic carbocycles. The number of aromatic hydroxyl groups is 1. The van der Waals surface area contributed by atoms with E-state index < -0.39 is 7.12 Å². The zero-order valence-corrected chi connectivity index (χ0v) is 8.28. The topological polar surface area (TPSA) is 49.7 Å². The lowest BCUT2D eigenvalue weighted by Gasteiger charge is -2.02. The molecule has 0 saturated carbocycles. The second kappa shape index (κ2) is 2.90. The number of fused-ring (bicyclic) bond motifs is 1. The minimum Gasteiger partial charge on any atom is -0.508 e. The van der Waals surface area contributed by atoms with E-state index in [1.165, 1.54) is 0 Å². The average Bonchev–Trinajstić information content (AvgIpc) is 2.42. The number of benzene rings is 1. The fraction of sp³-hybridized carbons (Fsp3) is 0.143. The molecule has 2 N–H and O–H groups in total. The molecule has 0 spiro atoms. The van der Waals surface area contributed by atoms with Crippen molar-refractivity contribution in [2.24, 2.45) is 0 Å². The van der Waals surface area contributed by atoms with E-state index in [4.69, 9.17) is 4.65 Å². The van der Waals surface area contributed by atoms with Gasteiger partial charge in [-0.3, -0.25) is 0 Å². The van der Waals surface area contributed by atoms with Crippen molar-refractivity contribution >= 4 is 35.2 Å². The quantitative estimate of drug-likeness (QED) is 0.526. The van der Waals surface area contributed by atoms with Crippen LogP contribution in [-0.2, 0) is 11.3 Å². The SMILES string of the molecule is OB1OCc2c(I)ccc(O)c21. The van der Waals surface area contributed by atoms with E-state index in [-0.39, 0.29) is 5.75 Å². The van der Waals surface area contributed by atoms with E-state index in [9.17, 15) is 10.1 Å². The molecule has 0 bridgehead atoms. The van der Waals surface area contributed by atoms with E-state index in [2.05, 4.69) is 22.6 Å². The molecule has 0 amide bonds. The number of hydrogen-bond donors (Lipinski definition) is 2. The van der Waals surface area contributed by atoms with Crippen molar-refractivity contribution < 1.29 is 14.8 Å². The molecule has 0 radical (unpaired) electrons. The maximum atomic E-state index is 9.38. The van der Waals surface area contributed by atoms with Crippen molar-refractivity contribution in [3.8, 4) is 5.75 Å². The predicted octanol–water partition coefficient (Wildman–Crippen LogP) is 0.214. The third-order valence-corrected chi connectivity index (χ3v) is 2.92. The van der Waals surface area contributed by atoms with E-state index in [0.717, 1.165) is 9.13 Å². The maximum Gasteiger partial charge on any atom is 0.495 e. The molecule has 0 unspecified atom stereocenters. The first-order valence-electron chi connectivity index (χ1n) is 3.50. The lowest BCUT2D eigenvalue weighted by molar-refractivity contribution is 0.275. The van der Waals surface area contributed by atoms with E-state index in [1.807, 2.05) is 0 Å². The summed E-state index contributed by atoms with van der Waals surface area (Å²) in [6.07, 6.45) is 0. The van der Waals surface area contributed by atoms with E-state index in [0.29, 0.717) is 12.1 Å². The smallest absolute Gasteiger partial charge is 0.495 e. The van der Waals surface area contributed by atoms with Gasteiger partial charge < -0.3 is 14.8 Å². The monoisotopic (exact) mass is 276 g/mol. The van der Waals surface area contributed by atoms with Crippen LogP contribution < -0.4 is 5.46 Å². The van der Waals surface area contributed by atoms with Gasteiger partial charge in [-0.15, -0.1) is 0 Å². The van der Waals surface area contributed by atoms with Gasteiger partial charge in [0.1, 0.15) is 5.75 Å². The van der Waals surface area contributed by atoms with Crippen LogP contribution in [0.15, 0.2) is 12.1 Å². The van der Waals surface area contributed by atoms with Crippen LogP contribution in [0.2, 0.25) is 0 Å². The average molecular weight is 276 g/mol. The fourth-order valence-corrected chi connectivity index (χ4v) is 1.92. The van der Waals surface area contributed by atoms with Crippen molar-refractivity contribution in [1.82, 2.24) is 0 Å². The second-order valence-corrected chi connectivity index (χ2v) is 3.78. The summed E-state index contributed by atoms with van der Waals surface area (Å²) < 4.78 is 5.99. The zero-order valence-electron chi connectivity index (χ0n) is 6.12.